The summed E-state index contributed by atoms with van der Waals surface area (Å²) in [6, 6.07) is 16.0. The van der Waals surface area contributed by atoms with Crippen LogP contribution in [-0.2, 0) is 0 Å². The van der Waals surface area contributed by atoms with Gasteiger partial charge in [0.15, 0.2) is 0 Å². The van der Waals surface area contributed by atoms with E-state index in [4.69, 9.17) is 0 Å². The second-order valence-electron chi connectivity index (χ2n) is 9.08. The number of nitrogens with zero attached hydrogens (tertiary/aromatic N) is 2. The van der Waals surface area contributed by atoms with E-state index in [1.54, 1.807) is 30.3 Å². The molecule has 0 unspecified atom stereocenters. The van der Waals surface area contributed by atoms with Crippen molar-refractivity contribution in [2.75, 3.05) is 36.8 Å². The molecule has 1 saturated heterocycles. The number of urea groups is 1. The molecule has 2 amide bonds. The summed E-state index contributed by atoms with van der Waals surface area (Å²) in [5.74, 6) is -0.419. The highest BCUT2D eigenvalue weighted by Gasteiger charge is 2.31. The molecule has 1 aliphatic rings. The number of hydrogen-bond acceptors (Lipinski definition) is 6. The van der Waals surface area contributed by atoms with Crippen LogP contribution in [0.25, 0.3) is 22.0 Å². The minimum atomic E-state index is -4.81. The maximum Gasteiger partial charge on any atom is 0.573 e. The molecule has 0 aliphatic carbocycles. The molecule has 0 saturated carbocycles. The highest BCUT2D eigenvalue weighted by atomic mass is 32.2. The lowest BCUT2D eigenvalue weighted by molar-refractivity contribution is -0.274. The van der Waals surface area contributed by atoms with Crippen LogP contribution in [0.1, 0.15) is 12.8 Å². The van der Waals surface area contributed by atoms with E-state index in [1.165, 1.54) is 38.1 Å². The van der Waals surface area contributed by atoms with E-state index in [9.17, 15) is 18.0 Å². The summed E-state index contributed by atoms with van der Waals surface area (Å²) < 4.78 is 44.7. The summed E-state index contributed by atoms with van der Waals surface area (Å²) in [7, 11) is 0. The van der Waals surface area contributed by atoms with E-state index < -0.39 is 18.1 Å². The van der Waals surface area contributed by atoms with Crippen molar-refractivity contribution < 1.29 is 22.7 Å². The summed E-state index contributed by atoms with van der Waals surface area (Å²) in [6.07, 6.45) is -0.468. The summed E-state index contributed by atoms with van der Waals surface area (Å²) >= 11 is 1.59. The highest BCUT2D eigenvalue weighted by Crippen LogP contribution is 2.33. The molecule has 3 aromatic carbocycles. The number of amides is 2. The van der Waals surface area contributed by atoms with Crippen LogP contribution in [0.4, 0.5) is 29.3 Å². The SMILES string of the molecule is O=C(Nc1ccc(-c2cc(SNCCN3CCCC3)cc3[nH]ncc23)cc1)Nc1cccc(OC(F)(F)F)c1. The first-order chi connectivity index (χ1) is 18.8. The van der Waals surface area contributed by atoms with Gasteiger partial charge in [-0.1, -0.05) is 18.2 Å². The zero-order valence-corrected chi connectivity index (χ0v) is 21.7. The van der Waals surface area contributed by atoms with Gasteiger partial charge in [-0.15, -0.1) is 13.2 Å². The van der Waals surface area contributed by atoms with Gasteiger partial charge in [-0.05, 0) is 85.4 Å². The van der Waals surface area contributed by atoms with Crippen molar-refractivity contribution in [3.05, 3.63) is 66.9 Å². The molecule has 1 aliphatic heterocycles. The van der Waals surface area contributed by atoms with Crippen molar-refractivity contribution in [1.29, 1.82) is 0 Å². The first-order valence-corrected chi connectivity index (χ1v) is 13.3. The third-order valence-corrected chi connectivity index (χ3v) is 7.05. The molecular formula is C27H27F3N6O2S. The Balaban J connectivity index is 1.22. The monoisotopic (exact) mass is 556 g/mol. The number of rotatable bonds is 9. The number of carbonyl (C=O) groups is 1. The Morgan fingerprint density at radius 1 is 1.03 bits per heavy atom. The fourth-order valence-corrected chi connectivity index (χ4v) is 5.18. The zero-order chi connectivity index (χ0) is 27.2. The van der Waals surface area contributed by atoms with Gasteiger partial charge in [0.05, 0.1) is 11.7 Å². The Labute approximate surface area is 227 Å². The third-order valence-electron chi connectivity index (χ3n) is 6.23. The number of anilines is 2. The number of nitrogens with one attached hydrogen (secondary N) is 4. The van der Waals surface area contributed by atoms with E-state index in [2.05, 4.69) is 47.3 Å². The lowest BCUT2D eigenvalue weighted by atomic mass is 10.0. The summed E-state index contributed by atoms with van der Waals surface area (Å²) in [6.45, 7) is 4.27. The van der Waals surface area contributed by atoms with E-state index in [1.807, 2.05) is 12.1 Å². The Morgan fingerprint density at radius 2 is 1.79 bits per heavy atom. The molecule has 0 spiro atoms. The average molecular weight is 557 g/mol. The van der Waals surface area contributed by atoms with Crippen LogP contribution in [0.5, 0.6) is 5.75 Å². The predicted octanol–water partition coefficient (Wildman–Crippen LogP) is 6.47. The highest BCUT2D eigenvalue weighted by molar-refractivity contribution is 7.97. The molecule has 1 aromatic heterocycles. The summed E-state index contributed by atoms with van der Waals surface area (Å²) in [5.41, 5.74) is 3.56. The second-order valence-corrected chi connectivity index (χ2v) is 10.0. The van der Waals surface area contributed by atoms with Gasteiger partial charge in [0, 0.05) is 40.8 Å². The fourth-order valence-electron chi connectivity index (χ4n) is 4.46. The molecule has 2 heterocycles. The number of alkyl halides is 3. The van der Waals surface area contributed by atoms with Crippen LogP contribution in [0.15, 0.2) is 71.8 Å². The first kappa shape index (κ1) is 26.9. The Bertz CT molecular complexity index is 1420. The molecule has 39 heavy (non-hydrogen) atoms. The maximum atomic E-state index is 12.5. The molecule has 4 N–H and O–H groups in total. The van der Waals surface area contributed by atoms with Crippen LogP contribution in [0.3, 0.4) is 0 Å². The molecular weight excluding hydrogens is 529 g/mol. The largest absolute Gasteiger partial charge is 0.573 e. The molecule has 204 valence electrons. The Morgan fingerprint density at radius 3 is 2.56 bits per heavy atom. The molecule has 1 fully saturated rings. The standard InChI is InChI=1S/C27H27F3N6O2S/c28-27(29,30)38-21-5-3-4-20(14-21)34-26(37)33-19-8-6-18(7-9-19)23-15-22(16-25-24(23)17-31-35-25)39-32-10-13-36-11-1-2-12-36/h3-9,14-17,32H,1-2,10-13H2,(H,31,35)(H2,33,34,37). The normalized spacial score (nSPS) is 14.0. The number of fused-ring (bicyclic) bond motifs is 1. The molecule has 0 atom stereocenters. The lowest BCUT2D eigenvalue weighted by Gasteiger charge is -2.14. The van der Waals surface area contributed by atoms with E-state index in [0.29, 0.717) is 5.69 Å². The number of ether oxygens (including phenoxy) is 1. The number of likely N-dealkylation sites (tertiary alicyclic amines) is 1. The van der Waals surface area contributed by atoms with Crippen LogP contribution >= 0.6 is 11.9 Å². The van der Waals surface area contributed by atoms with Gasteiger partial charge in [-0.3, -0.25) is 9.82 Å². The fraction of sp³-hybridized carbons (Fsp3) is 0.259. The minimum absolute atomic E-state index is 0.163. The molecule has 12 heteroatoms. The minimum Gasteiger partial charge on any atom is -0.406 e. The number of carbonyl (C=O) groups excluding carboxylic acids is 1. The number of benzene rings is 3. The predicted molar refractivity (Wildman–Crippen MR) is 147 cm³/mol. The van der Waals surface area contributed by atoms with E-state index in [0.717, 1.165) is 52.1 Å². The molecule has 4 aromatic rings. The van der Waals surface area contributed by atoms with Gasteiger partial charge < -0.3 is 20.3 Å². The number of H-pyrrole nitrogens is 1. The van der Waals surface area contributed by atoms with Gasteiger partial charge >= 0.3 is 12.4 Å². The molecule has 0 radical (unpaired) electrons. The van der Waals surface area contributed by atoms with Gasteiger partial charge in [-0.25, -0.2) is 4.79 Å². The van der Waals surface area contributed by atoms with Gasteiger partial charge in [0.25, 0.3) is 0 Å². The number of aromatic nitrogens is 2. The maximum absolute atomic E-state index is 12.5. The third kappa shape index (κ3) is 7.43. The van der Waals surface area contributed by atoms with Crippen LogP contribution in [0.2, 0.25) is 0 Å². The summed E-state index contributed by atoms with van der Waals surface area (Å²) in [4.78, 5) is 15.9. The molecule has 5 rings (SSSR count). The smallest absolute Gasteiger partial charge is 0.406 e. The van der Waals surface area contributed by atoms with Crippen molar-refractivity contribution in [3.63, 3.8) is 0 Å². The van der Waals surface area contributed by atoms with Gasteiger partial charge in [0.1, 0.15) is 5.75 Å². The second kappa shape index (κ2) is 12.0. The Hall–Kier alpha value is -3.74. The number of aromatic amines is 1. The quantitative estimate of drug-likeness (QED) is 0.140. The zero-order valence-electron chi connectivity index (χ0n) is 20.8. The summed E-state index contributed by atoms with van der Waals surface area (Å²) in [5, 5.41) is 13.4. The van der Waals surface area contributed by atoms with Crippen molar-refractivity contribution in [3.8, 4) is 16.9 Å². The van der Waals surface area contributed by atoms with E-state index in [-0.39, 0.29) is 5.69 Å². The van der Waals surface area contributed by atoms with Crippen molar-refractivity contribution in [2.45, 2.75) is 24.1 Å². The van der Waals surface area contributed by atoms with Gasteiger partial charge in [0.2, 0.25) is 0 Å². The van der Waals surface area contributed by atoms with Gasteiger partial charge in [-0.2, -0.15) is 5.10 Å². The first-order valence-electron chi connectivity index (χ1n) is 12.5. The lowest BCUT2D eigenvalue weighted by Crippen LogP contribution is -2.27. The number of hydrogen-bond donors (Lipinski definition) is 4. The van der Waals surface area contributed by atoms with Crippen molar-refractivity contribution in [2.24, 2.45) is 0 Å². The van der Waals surface area contributed by atoms with Crippen LogP contribution in [-0.4, -0.2) is 53.7 Å². The van der Waals surface area contributed by atoms with Crippen molar-refractivity contribution in [1.82, 2.24) is 19.8 Å². The molecule has 0 bridgehead atoms. The van der Waals surface area contributed by atoms with E-state index >= 15 is 0 Å². The van der Waals surface area contributed by atoms with Crippen LogP contribution in [0, 0.1) is 0 Å². The topological polar surface area (TPSA) is 94.3 Å². The molecule has 8 nitrogen and oxygen atoms in total. The Kier molecular flexibility index (Phi) is 8.24. The van der Waals surface area contributed by atoms with Crippen LogP contribution < -0.4 is 20.1 Å². The average Bonchev–Trinajstić information content (AvgIpc) is 3.58. The van der Waals surface area contributed by atoms with Crippen molar-refractivity contribution >= 4 is 40.3 Å². The number of halogens is 3.